The Balaban J connectivity index is 2.07. The minimum absolute atomic E-state index is 0.0212. The Bertz CT molecular complexity index is 970. The Hall–Kier alpha value is -3.28. The van der Waals surface area contributed by atoms with Crippen molar-refractivity contribution >= 4 is 28.5 Å². The molecule has 0 fully saturated rings. The van der Waals surface area contributed by atoms with E-state index in [9.17, 15) is 19.1 Å². The first kappa shape index (κ1) is 15.6. The topological polar surface area (TPSA) is 79.3 Å². The number of para-hydroxylation sites is 1. The van der Waals surface area contributed by atoms with Crippen molar-refractivity contribution in [2.45, 2.75) is 6.92 Å². The second kappa shape index (κ2) is 6.08. The van der Waals surface area contributed by atoms with Crippen LogP contribution >= 0.6 is 0 Å². The largest absolute Gasteiger partial charge is 0.478 e. The molecule has 120 valence electrons. The second-order valence-corrected chi connectivity index (χ2v) is 5.28. The highest BCUT2D eigenvalue weighted by Gasteiger charge is 2.16. The van der Waals surface area contributed by atoms with Crippen LogP contribution in [-0.2, 0) is 0 Å². The molecule has 24 heavy (non-hydrogen) atoms. The monoisotopic (exact) mass is 324 g/mol. The van der Waals surface area contributed by atoms with Gasteiger partial charge in [0.15, 0.2) is 0 Å². The van der Waals surface area contributed by atoms with Crippen molar-refractivity contribution in [3.05, 3.63) is 71.2 Å². The van der Waals surface area contributed by atoms with Gasteiger partial charge in [-0.2, -0.15) is 0 Å². The van der Waals surface area contributed by atoms with E-state index in [1.54, 1.807) is 25.1 Å². The number of benzene rings is 2. The van der Waals surface area contributed by atoms with Crippen LogP contribution in [0.4, 0.5) is 10.1 Å². The number of hydrogen-bond acceptors (Lipinski definition) is 3. The zero-order chi connectivity index (χ0) is 17.3. The average Bonchev–Trinajstić information content (AvgIpc) is 2.54. The number of carbonyl (C=O) groups excluding carboxylic acids is 1. The summed E-state index contributed by atoms with van der Waals surface area (Å²) in [4.78, 5) is 28.1. The minimum Gasteiger partial charge on any atom is -0.478 e. The molecule has 1 heterocycles. The van der Waals surface area contributed by atoms with Gasteiger partial charge in [-0.3, -0.25) is 9.78 Å². The molecule has 2 aromatic carbocycles. The number of carboxylic acid groups (broad SMARTS) is 1. The first-order chi connectivity index (χ1) is 11.5. The van der Waals surface area contributed by atoms with Crippen molar-refractivity contribution in [3.63, 3.8) is 0 Å². The van der Waals surface area contributed by atoms with Gasteiger partial charge in [-0.25, -0.2) is 9.18 Å². The summed E-state index contributed by atoms with van der Waals surface area (Å²) in [6.07, 6.45) is 0. The quantitative estimate of drug-likeness (QED) is 0.771. The molecule has 0 atom stereocenters. The molecule has 3 rings (SSSR count). The number of nitrogens with zero attached hydrogens (tertiary/aromatic N) is 1. The first-order valence-electron chi connectivity index (χ1n) is 7.16. The molecule has 3 aromatic rings. The molecule has 0 saturated heterocycles. The summed E-state index contributed by atoms with van der Waals surface area (Å²) in [6.45, 7) is 1.73. The maximum atomic E-state index is 13.5. The van der Waals surface area contributed by atoms with Gasteiger partial charge >= 0.3 is 5.97 Å². The Kier molecular flexibility index (Phi) is 3.95. The van der Waals surface area contributed by atoms with Crippen LogP contribution in [0.15, 0.2) is 48.5 Å². The number of rotatable bonds is 3. The maximum Gasteiger partial charge on any atom is 0.337 e. The van der Waals surface area contributed by atoms with E-state index in [0.29, 0.717) is 16.6 Å². The van der Waals surface area contributed by atoms with E-state index in [0.717, 1.165) is 0 Å². The molecule has 0 saturated carbocycles. The molecule has 6 heteroatoms. The van der Waals surface area contributed by atoms with E-state index in [1.165, 1.54) is 30.3 Å². The minimum atomic E-state index is -1.15. The standard InChI is InChI=1S/C18H13FN2O3/c1-10-8-14(13-9-11(19)6-7-16(13)20-10)17(22)21-15-5-3-2-4-12(15)18(23)24/h2-9H,1H3,(H,21,22)(H,23,24). The molecule has 0 radical (unpaired) electrons. The fraction of sp³-hybridized carbons (Fsp3) is 0.0556. The molecule has 1 amide bonds. The van der Waals surface area contributed by atoms with Gasteiger partial charge in [0, 0.05) is 11.1 Å². The molecule has 0 unspecified atom stereocenters. The van der Waals surface area contributed by atoms with Gasteiger partial charge < -0.3 is 10.4 Å². The average molecular weight is 324 g/mol. The van der Waals surface area contributed by atoms with E-state index in [4.69, 9.17) is 0 Å². The molecular weight excluding hydrogens is 311 g/mol. The van der Waals surface area contributed by atoms with Gasteiger partial charge in [0.1, 0.15) is 5.82 Å². The van der Waals surface area contributed by atoms with Crippen LogP contribution in [0.5, 0.6) is 0 Å². The molecule has 0 aliphatic carbocycles. The highest BCUT2D eigenvalue weighted by molar-refractivity contribution is 6.14. The van der Waals surface area contributed by atoms with Crippen LogP contribution in [0, 0.1) is 12.7 Å². The van der Waals surface area contributed by atoms with Crippen molar-refractivity contribution in [2.24, 2.45) is 0 Å². The smallest absolute Gasteiger partial charge is 0.337 e. The van der Waals surface area contributed by atoms with Crippen molar-refractivity contribution < 1.29 is 19.1 Å². The van der Waals surface area contributed by atoms with Crippen molar-refractivity contribution in [2.75, 3.05) is 5.32 Å². The number of amides is 1. The summed E-state index contributed by atoms with van der Waals surface area (Å²) in [5.41, 5.74) is 1.48. The zero-order valence-corrected chi connectivity index (χ0v) is 12.7. The third kappa shape index (κ3) is 2.94. The highest BCUT2D eigenvalue weighted by atomic mass is 19.1. The molecule has 0 aliphatic rings. The zero-order valence-electron chi connectivity index (χ0n) is 12.7. The second-order valence-electron chi connectivity index (χ2n) is 5.28. The van der Waals surface area contributed by atoms with Crippen LogP contribution < -0.4 is 5.32 Å². The highest BCUT2D eigenvalue weighted by Crippen LogP contribution is 2.22. The number of carboxylic acids is 1. The Labute approximate surface area is 136 Å². The molecule has 0 bridgehead atoms. The Morgan fingerprint density at radius 1 is 1.08 bits per heavy atom. The van der Waals surface area contributed by atoms with Gasteiger partial charge in [0.25, 0.3) is 5.91 Å². The lowest BCUT2D eigenvalue weighted by Crippen LogP contribution is -2.15. The number of carbonyl (C=O) groups is 2. The number of fused-ring (bicyclic) bond motifs is 1. The molecule has 5 nitrogen and oxygen atoms in total. The summed E-state index contributed by atoms with van der Waals surface area (Å²) >= 11 is 0. The van der Waals surface area contributed by atoms with Crippen molar-refractivity contribution in [1.82, 2.24) is 4.98 Å². The van der Waals surface area contributed by atoms with Crippen LogP contribution in [-0.4, -0.2) is 22.0 Å². The van der Waals surface area contributed by atoms with Gasteiger partial charge in [-0.15, -0.1) is 0 Å². The number of halogens is 1. The van der Waals surface area contributed by atoms with E-state index in [1.807, 2.05) is 0 Å². The SMILES string of the molecule is Cc1cc(C(=O)Nc2ccccc2C(=O)O)c2cc(F)ccc2n1. The van der Waals surface area contributed by atoms with Crippen LogP contribution in [0.25, 0.3) is 10.9 Å². The third-order valence-electron chi connectivity index (χ3n) is 3.55. The summed E-state index contributed by atoms with van der Waals surface area (Å²) in [5.74, 6) is -2.15. The predicted molar refractivity (Wildman–Crippen MR) is 87.8 cm³/mol. The van der Waals surface area contributed by atoms with Crippen LogP contribution in [0.2, 0.25) is 0 Å². The summed E-state index contributed by atoms with van der Waals surface area (Å²) in [7, 11) is 0. The normalized spacial score (nSPS) is 10.6. The number of aromatic nitrogens is 1. The summed E-state index contributed by atoms with van der Waals surface area (Å²) < 4.78 is 13.5. The van der Waals surface area contributed by atoms with Crippen LogP contribution in [0.3, 0.4) is 0 Å². The van der Waals surface area contributed by atoms with E-state index >= 15 is 0 Å². The molecular formula is C18H13FN2O3. The van der Waals surface area contributed by atoms with E-state index < -0.39 is 17.7 Å². The molecule has 1 aromatic heterocycles. The number of hydrogen-bond donors (Lipinski definition) is 2. The van der Waals surface area contributed by atoms with E-state index in [2.05, 4.69) is 10.3 Å². The van der Waals surface area contributed by atoms with Gasteiger partial charge in [-0.05, 0) is 43.3 Å². The lowest BCUT2D eigenvalue weighted by Gasteiger charge is -2.11. The summed E-state index contributed by atoms with van der Waals surface area (Å²) in [6, 6.07) is 11.6. The fourth-order valence-corrected chi connectivity index (χ4v) is 2.49. The number of aromatic carboxylic acids is 1. The number of nitrogens with one attached hydrogen (secondary N) is 1. The van der Waals surface area contributed by atoms with Gasteiger partial charge in [0.05, 0.1) is 22.3 Å². The van der Waals surface area contributed by atoms with E-state index in [-0.39, 0.29) is 16.8 Å². The molecule has 2 N–H and O–H groups in total. The number of aryl methyl sites for hydroxylation is 1. The van der Waals surface area contributed by atoms with Gasteiger partial charge in [0.2, 0.25) is 0 Å². The maximum absolute atomic E-state index is 13.5. The van der Waals surface area contributed by atoms with Crippen molar-refractivity contribution in [1.29, 1.82) is 0 Å². The lowest BCUT2D eigenvalue weighted by atomic mass is 10.1. The number of pyridine rings is 1. The third-order valence-corrected chi connectivity index (χ3v) is 3.55. The van der Waals surface area contributed by atoms with Crippen molar-refractivity contribution in [3.8, 4) is 0 Å². The lowest BCUT2D eigenvalue weighted by molar-refractivity contribution is 0.0698. The van der Waals surface area contributed by atoms with Gasteiger partial charge in [-0.1, -0.05) is 12.1 Å². The first-order valence-corrected chi connectivity index (χ1v) is 7.16. The molecule has 0 aliphatic heterocycles. The predicted octanol–water partition coefficient (Wildman–Crippen LogP) is 3.63. The summed E-state index contributed by atoms with van der Waals surface area (Å²) in [5, 5.41) is 12.1. The fourth-order valence-electron chi connectivity index (χ4n) is 2.49. The number of anilines is 1. The Morgan fingerprint density at radius 2 is 1.83 bits per heavy atom. The molecule has 0 spiro atoms. The Morgan fingerprint density at radius 3 is 2.58 bits per heavy atom. The van der Waals surface area contributed by atoms with Crippen LogP contribution in [0.1, 0.15) is 26.4 Å².